The van der Waals surface area contributed by atoms with Crippen LogP contribution in [0.3, 0.4) is 0 Å². The van der Waals surface area contributed by atoms with Gasteiger partial charge in [0.1, 0.15) is 11.4 Å². The van der Waals surface area contributed by atoms with E-state index in [9.17, 15) is 4.79 Å². The standard InChI is InChI=1S/C38H50ClN5O3/c1-38(2,3)47-37(45)40-16-9-17-44-27-34(32-14-13-31(46-6)23-30(32)25-41(4)5)33-22-28(12-15-36(33)44)24-42-18-20-43(21-19-42)26-29-10-7-8-11-35(29)39/h7-8,10-15,22-23,27H,9,16-21,24-26H2,1-6H3,(H,40,45). The van der Waals surface area contributed by atoms with Crippen molar-refractivity contribution >= 4 is 28.6 Å². The molecule has 0 atom stereocenters. The number of aryl methyl sites for hydroxylation is 1. The Kier molecular flexibility index (Phi) is 11.5. The summed E-state index contributed by atoms with van der Waals surface area (Å²) in [7, 11) is 5.90. The molecule has 0 saturated carbocycles. The number of hydrogen-bond acceptors (Lipinski definition) is 6. The largest absolute Gasteiger partial charge is 0.497 e. The van der Waals surface area contributed by atoms with Gasteiger partial charge >= 0.3 is 6.09 Å². The molecule has 1 N–H and O–H groups in total. The van der Waals surface area contributed by atoms with Crippen molar-refractivity contribution in [1.82, 2.24) is 24.6 Å². The van der Waals surface area contributed by atoms with Crippen LogP contribution in [0, 0.1) is 0 Å². The number of ether oxygens (including phenoxy) is 2. The Labute approximate surface area is 285 Å². The molecule has 47 heavy (non-hydrogen) atoms. The van der Waals surface area contributed by atoms with Crippen LogP contribution in [0.15, 0.2) is 66.9 Å². The van der Waals surface area contributed by atoms with Gasteiger partial charge in [-0.2, -0.15) is 0 Å². The quantitative estimate of drug-likeness (QED) is 0.162. The molecule has 3 aromatic carbocycles. The predicted octanol–water partition coefficient (Wildman–Crippen LogP) is 7.26. The second-order valence-corrected chi connectivity index (χ2v) is 14.2. The van der Waals surface area contributed by atoms with Crippen molar-refractivity contribution in [1.29, 1.82) is 0 Å². The number of fused-ring (bicyclic) bond motifs is 1. The number of carbonyl (C=O) groups excluding carboxylic acids is 1. The number of carbonyl (C=O) groups is 1. The highest BCUT2D eigenvalue weighted by molar-refractivity contribution is 6.31. The fourth-order valence-corrected chi connectivity index (χ4v) is 6.45. The van der Waals surface area contributed by atoms with Crippen LogP contribution in [0.2, 0.25) is 5.02 Å². The molecule has 0 aliphatic carbocycles. The highest BCUT2D eigenvalue weighted by Crippen LogP contribution is 2.36. The molecule has 2 heterocycles. The monoisotopic (exact) mass is 659 g/mol. The fourth-order valence-electron chi connectivity index (χ4n) is 6.26. The average molecular weight is 660 g/mol. The van der Waals surface area contributed by atoms with E-state index < -0.39 is 5.60 Å². The first kappa shape index (κ1) is 34.8. The highest BCUT2D eigenvalue weighted by Gasteiger charge is 2.20. The first-order chi connectivity index (χ1) is 22.5. The number of hydrogen-bond donors (Lipinski definition) is 1. The van der Waals surface area contributed by atoms with Crippen molar-refractivity contribution in [3.63, 3.8) is 0 Å². The minimum Gasteiger partial charge on any atom is -0.497 e. The zero-order valence-corrected chi connectivity index (χ0v) is 29.6. The summed E-state index contributed by atoms with van der Waals surface area (Å²) in [5.74, 6) is 0.858. The third-order valence-corrected chi connectivity index (χ3v) is 8.87. The molecular weight excluding hydrogens is 610 g/mol. The van der Waals surface area contributed by atoms with E-state index in [2.05, 4.69) is 87.3 Å². The highest BCUT2D eigenvalue weighted by atomic mass is 35.5. The summed E-state index contributed by atoms with van der Waals surface area (Å²) in [4.78, 5) is 19.4. The Hall–Kier alpha value is -3.56. The molecule has 0 unspecified atom stereocenters. The number of nitrogens with zero attached hydrogens (tertiary/aromatic N) is 4. The number of piperazine rings is 1. The summed E-state index contributed by atoms with van der Waals surface area (Å²) in [6.07, 6.45) is 2.68. The first-order valence-corrected chi connectivity index (χ1v) is 17.0. The van der Waals surface area contributed by atoms with E-state index in [0.717, 1.165) is 69.6 Å². The van der Waals surface area contributed by atoms with Gasteiger partial charge in [0.15, 0.2) is 0 Å². The first-order valence-electron chi connectivity index (χ1n) is 16.6. The third-order valence-electron chi connectivity index (χ3n) is 8.50. The molecular formula is C38H50ClN5O3. The van der Waals surface area contributed by atoms with Crippen LogP contribution in [0.25, 0.3) is 22.0 Å². The lowest BCUT2D eigenvalue weighted by Gasteiger charge is -2.35. The molecule has 0 radical (unpaired) electrons. The molecule has 0 bridgehead atoms. The van der Waals surface area contributed by atoms with Crippen LogP contribution >= 0.6 is 11.6 Å². The van der Waals surface area contributed by atoms with Crippen molar-refractivity contribution in [3.8, 4) is 16.9 Å². The van der Waals surface area contributed by atoms with Crippen LogP contribution in [0.4, 0.5) is 4.79 Å². The Morgan fingerprint density at radius 3 is 2.32 bits per heavy atom. The normalized spacial score (nSPS) is 14.6. The molecule has 1 aliphatic heterocycles. The smallest absolute Gasteiger partial charge is 0.407 e. The lowest BCUT2D eigenvalue weighted by molar-refractivity contribution is 0.0526. The molecule has 1 aromatic heterocycles. The third kappa shape index (κ3) is 9.51. The molecule has 9 heteroatoms. The number of alkyl carbamates (subject to hydrolysis) is 1. The molecule has 8 nitrogen and oxygen atoms in total. The Morgan fingerprint density at radius 2 is 1.64 bits per heavy atom. The number of nitrogens with one attached hydrogen (secondary N) is 1. The van der Waals surface area contributed by atoms with Crippen molar-refractivity contribution in [2.75, 3.05) is 53.9 Å². The van der Waals surface area contributed by atoms with Crippen LogP contribution < -0.4 is 10.1 Å². The number of methoxy groups -OCH3 is 1. The summed E-state index contributed by atoms with van der Waals surface area (Å²) >= 11 is 6.44. The summed E-state index contributed by atoms with van der Waals surface area (Å²) in [6.45, 7) is 13.6. The van der Waals surface area contributed by atoms with E-state index in [4.69, 9.17) is 21.1 Å². The predicted molar refractivity (Wildman–Crippen MR) is 192 cm³/mol. The number of rotatable bonds is 12. The van der Waals surface area contributed by atoms with Crippen molar-refractivity contribution < 1.29 is 14.3 Å². The van der Waals surface area contributed by atoms with E-state index in [1.54, 1.807) is 7.11 Å². The Bertz CT molecular complexity index is 1650. The maximum absolute atomic E-state index is 12.2. The molecule has 1 saturated heterocycles. The summed E-state index contributed by atoms with van der Waals surface area (Å²) < 4.78 is 13.3. The topological polar surface area (TPSA) is 62.2 Å². The maximum Gasteiger partial charge on any atom is 0.407 e. The number of aromatic nitrogens is 1. The second kappa shape index (κ2) is 15.6. The van der Waals surface area contributed by atoms with Crippen LogP contribution in [-0.4, -0.2) is 84.9 Å². The van der Waals surface area contributed by atoms with Gasteiger partial charge in [0, 0.05) is 86.6 Å². The zero-order valence-electron chi connectivity index (χ0n) is 28.8. The van der Waals surface area contributed by atoms with Crippen LogP contribution in [0.5, 0.6) is 5.75 Å². The molecule has 1 aliphatic rings. The molecule has 1 fully saturated rings. The van der Waals surface area contributed by atoms with Gasteiger partial charge in [-0.05, 0) is 93.9 Å². The van der Waals surface area contributed by atoms with Gasteiger partial charge in [-0.15, -0.1) is 0 Å². The number of amides is 1. The van der Waals surface area contributed by atoms with Crippen molar-refractivity contribution in [2.45, 2.75) is 59.0 Å². The summed E-state index contributed by atoms with van der Waals surface area (Å²) in [5, 5.41) is 4.99. The van der Waals surface area contributed by atoms with Gasteiger partial charge in [-0.25, -0.2) is 4.79 Å². The van der Waals surface area contributed by atoms with Gasteiger partial charge < -0.3 is 24.3 Å². The zero-order chi connectivity index (χ0) is 33.6. The van der Waals surface area contributed by atoms with E-state index in [0.29, 0.717) is 6.54 Å². The average Bonchev–Trinajstić information content (AvgIpc) is 3.37. The SMILES string of the molecule is COc1ccc(-c2cn(CCCNC(=O)OC(C)(C)C)c3ccc(CN4CCN(Cc5ccccc5Cl)CC4)cc23)c(CN(C)C)c1. The summed E-state index contributed by atoms with van der Waals surface area (Å²) in [5.41, 5.74) is 6.83. The molecule has 4 aromatic rings. The lowest BCUT2D eigenvalue weighted by atomic mass is 9.97. The Morgan fingerprint density at radius 1 is 0.915 bits per heavy atom. The Balaban J connectivity index is 1.35. The van der Waals surface area contributed by atoms with Gasteiger partial charge in [-0.1, -0.05) is 41.9 Å². The summed E-state index contributed by atoms with van der Waals surface area (Å²) in [6, 6.07) is 21.4. The lowest BCUT2D eigenvalue weighted by Crippen LogP contribution is -2.45. The minimum absolute atomic E-state index is 0.378. The van der Waals surface area contributed by atoms with Crippen LogP contribution in [-0.2, 0) is 30.9 Å². The molecule has 1 amide bonds. The van der Waals surface area contributed by atoms with E-state index in [1.807, 2.05) is 39.0 Å². The van der Waals surface area contributed by atoms with Crippen molar-refractivity contribution in [2.24, 2.45) is 0 Å². The van der Waals surface area contributed by atoms with Gasteiger partial charge in [-0.3, -0.25) is 9.80 Å². The fraction of sp³-hybridized carbons (Fsp3) is 0.447. The van der Waals surface area contributed by atoms with E-state index in [1.165, 1.54) is 38.7 Å². The number of halogens is 1. The van der Waals surface area contributed by atoms with Gasteiger partial charge in [0.2, 0.25) is 0 Å². The molecule has 252 valence electrons. The molecule has 0 spiro atoms. The minimum atomic E-state index is -0.514. The van der Waals surface area contributed by atoms with Crippen molar-refractivity contribution in [3.05, 3.63) is 88.6 Å². The second-order valence-electron chi connectivity index (χ2n) is 13.8. The molecule has 5 rings (SSSR count). The number of benzene rings is 3. The van der Waals surface area contributed by atoms with E-state index in [-0.39, 0.29) is 6.09 Å². The van der Waals surface area contributed by atoms with E-state index >= 15 is 0 Å². The van der Waals surface area contributed by atoms with Gasteiger partial charge in [0.25, 0.3) is 0 Å². The maximum atomic E-state index is 12.2. The van der Waals surface area contributed by atoms with Gasteiger partial charge in [0.05, 0.1) is 7.11 Å². The van der Waals surface area contributed by atoms with Crippen LogP contribution in [0.1, 0.15) is 43.9 Å².